The number of fused-ring (bicyclic) bond motifs is 1. The number of rotatable bonds is 10. The van der Waals surface area contributed by atoms with E-state index in [0.29, 0.717) is 55.3 Å². The number of nitrogens with zero attached hydrogens (tertiary/aromatic N) is 2. The first-order valence-corrected chi connectivity index (χ1v) is 9.68. The van der Waals surface area contributed by atoms with Crippen LogP contribution in [0, 0.1) is 10.1 Å². The summed E-state index contributed by atoms with van der Waals surface area (Å²) in [6.07, 6.45) is 1.53. The lowest BCUT2D eigenvalue weighted by atomic mass is 10.0. The van der Waals surface area contributed by atoms with Gasteiger partial charge in [0.25, 0.3) is 5.69 Å². The SMILES string of the molecule is COCCN(CCOC)Cc1c(O)ccc2c1OC(=Cc1ccc([N+](=O)[O-])cc1)C2=O. The Morgan fingerprint density at radius 3 is 2.32 bits per heavy atom. The van der Waals surface area contributed by atoms with Crippen molar-refractivity contribution in [3.63, 3.8) is 0 Å². The molecule has 1 N–H and O–H groups in total. The van der Waals surface area contributed by atoms with Crippen LogP contribution >= 0.6 is 0 Å². The summed E-state index contributed by atoms with van der Waals surface area (Å²) in [5.74, 6) is 0.131. The Labute approximate surface area is 179 Å². The van der Waals surface area contributed by atoms with Gasteiger partial charge in [0.1, 0.15) is 11.5 Å². The fraction of sp³-hybridized carbons (Fsp3) is 0.318. The van der Waals surface area contributed by atoms with E-state index in [1.807, 2.05) is 4.90 Å². The third kappa shape index (κ3) is 5.26. The topological polar surface area (TPSA) is 111 Å². The number of ketones is 1. The maximum Gasteiger partial charge on any atom is 0.269 e. The molecule has 0 aliphatic carbocycles. The van der Waals surface area contributed by atoms with Gasteiger partial charge in [-0.3, -0.25) is 19.8 Å². The van der Waals surface area contributed by atoms with Gasteiger partial charge in [0.15, 0.2) is 5.76 Å². The molecular weight excluding hydrogens is 404 g/mol. The number of non-ortho nitro benzene ring substituents is 1. The number of hydrogen-bond donors (Lipinski definition) is 1. The average Bonchev–Trinajstić information content (AvgIpc) is 3.07. The quantitative estimate of drug-likeness (QED) is 0.349. The molecule has 31 heavy (non-hydrogen) atoms. The van der Waals surface area contributed by atoms with E-state index in [1.54, 1.807) is 26.4 Å². The molecule has 0 spiro atoms. The van der Waals surface area contributed by atoms with E-state index in [1.165, 1.54) is 30.3 Å². The first-order chi connectivity index (χ1) is 14.9. The Morgan fingerprint density at radius 2 is 1.74 bits per heavy atom. The van der Waals surface area contributed by atoms with E-state index in [0.717, 1.165) is 0 Å². The van der Waals surface area contributed by atoms with Gasteiger partial charge in [-0.15, -0.1) is 0 Å². The number of nitro groups is 1. The fourth-order valence-corrected chi connectivity index (χ4v) is 3.23. The maximum absolute atomic E-state index is 12.8. The monoisotopic (exact) mass is 428 g/mol. The van der Waals surface area contributed by atoms with Crippen LogP contribution in [0.3, 0.4) is 0 Å². The zero-order valence-electron chi connectivity index (χ0n) is 17.4. The molecule has 0 fully saturated rings. The number of methoxy groups -OCH3 is 2. The zero-order valence-corrected chi connectivity index (χ0v) is 17.4. The molecule has 9 heteroatoms. The lowest BCUT2D eigenvalue weighted by Crippen LogP contribution is -2.30. The molecular formula is C22H24N2O7. The van der Waals surface area contributed by atoms with Crippen LogP contribution in [-0.2, 0) is 16.0 Å². The van der Waals surface area contributed by atoms with Crippen molar-refractivity contribution in [1.29, 1.82) is 0 Å². The second-order valence-electron chi connectivity index (χ2n) is 6.99. The third-order valence-corrected chi connectivity index (χ3v) is 4.92. The zero-order chi connectivity index (χ0) is 22.4. The van der Waals surface area contributed by atoms with Crippen LogP contribution in [0.15, 0.2) is 42.2 Å². The second kappa shape index (κ2) is 10.2. The highest BCUT2D eigenvalue weighted by molar-refractivity contribution is 6.15. The normalized spacial score (nSPS) is 14.2. The number of ether oxygens (including phenoxy) is 3. The predicted molar refractivity (Wildman–Crippen MR) is 113 cm³/mol. The molecule has 164 valence electrons. The van der Waals surface area contributed by atoms with Crippen molar-refractivity contribution >= 4 is 17.5 Å². The number of phenolic OH excluding ortho intramolecular Hbond substituents is 1. The number of benzene rings is 2. The van der Waals surface area contributed by atoms with Crippen molar-refractivity contribution in [2.24, 2.45) is 0 Å². The number of nitro benzene ring substituents is 1. The van der Waals surface area contributed by atoms with Gasteiger partial charge in [-0.1, -0.05) is 0 Å². The highest BCUT2D eigenvalue weighted by atomic mass is 16.6. The number of aromatic hydroxyl groups is 1. The Balaban J connectivity index is 1.87. The van der Waals surface area contributed by atoms with Crippen molar-refractivity contribution in [3.05, 3.63) is 69.0 Å². The summed E-state index contributed by atoms with van der Waals surface area (Å²) < 4.78 is 16.2. The van der Waals surface area contributed by atoms with Gasteiger partial charge in [-0.25, -0.2) is 0 Å². The van der Waals surface area contributed by atoms with Crippen molar-refractivity contribution < 1.29 is 29.0 Å². The Hall–Kier alpha value is -3.27. The summed E-state index contributed by atoms with van der Waals surface area (Å²) in [6, 6.07) is 8.82. The molecule has 2 aromatic carbocycles. The smallest absolute Gasteiger partial charge is 0.269 e. The first-order valence-electron chi connectivity index (χ1n) is 9.68. The number of carbonyl (C=O) groups is 1. The first kappa shape index (κ1) is 22.4. The molecule has 1 heterocycles. The number of allylic oxidation sites excluding steroid dienone is 1. The van der Waals surface area contributed by atoms with Crippen LogP contribution in [0.1, 0.15) is 21.5 Å². The summed E-state index contributed by atoms with van der Waals surface area (Å²) in [6.45, 7) is 2.58. The molecule has 0 saturated carbocycles. The third-order valence-electron chi connectivity index (χ3n) is 4.92. The lowest BCUT2D eigenvalue weighted by Gasteiger charge is -2.23. The molecule has 0 bridgehead atoms. The molecule has 0 atom stereocenters. The molecule has 1 aliphatic rings. The molecule has 2 aromatic rings. The summed E-state index contributed by atoms with van der Waals surface area (Å²) in [4.78, 5) is 25.2. The summed E-state index contributed by atoms with van der Waals surface area (Å²) in [5, 5.41) is 21.3. The van der Waals surface area contributed by atoms with Crippen LogP contribution in [0.25, 0.3) is 6.08 Å². The number of hydrogen-bond acceptors (Lipinski definition) is 8. The summed E-state index contributed by atoms with van der Waals surface area (Å²) in [5.41, 5.74) is 1.42. The van der Waals surface area contributed by atoms with Crippen LogP contribution in [0.2, 0.25) is 0 Å². The summed E-state index contributed by atoms with van der Waals surface area (Å²) >= 11 is 0. The van der Waals surface area contributed by atoms with Gasteiger partial charge in [0, 0.05) is 46.0 Å². The van der Waals surface area contributed by atoms with Crippen LogP contribution in [-0.4, -0.2) is 61.2 Å². The second-order valence-corrected chi connectivity index (χ2v) is 6.99. The van der Waals surface area contributed by atoms with E-state index in [2.05, 4.69) is 0 Å². The van der Waals surface area contributed by atoms with Gasteiger partial charge >= 0.3 is 0 Å². The molecule has 0 aromatic heterocycles. The van der Waals surface area contributed by atoms with Gasteiger partial charge in [-0.05, 0) is 35.9 Å². The Bertz CT molecular complexity index is 978. The predicted octanol–water partition coefficient (Wildman–Crippen LogP) is 3.01. The van der Waals surface area contributed by atoms with Crippen molar-refractivity contribution in [1.82, 2.24) is 4.90 Å². The van der Waals surface area contributed by atoms with Crippen molar-refractivity contribution in [2.45, 2.75) is 6.54 Å². The highest BCUT2D eigenvalue weighted by Crippen LogP contribution is 2.40. The van der Waals surface area contributed by atoms with Gasteiger partial charge in [0.2, 0.25) is 5.78 Å². The molecule has 0 unspecified atom stereocenters. The van der Waals surface area contributed by atoms with Gasteiger partial charge < -0.3 is 19.3 Å². The van der Waals surface area contributed by atoms with Crippen LogP contribution in [0.5, 0.6) is 11.5 Å². The highest BCUT2D eigenvalue weighted by Gasteiger charge is 2.31. The van der Waals surface area contributed by atoms with Crippen molar-refractivity contribution in [3.8, 4) is 11.5 Å². The molecule has 9 nitrogen and oxygen atoms in total. The molecule has 3 rings (SSSR count). The van der Waals surface area contributed by atoms with E-state index >= 15 is 0 Å². The Morgan fingerprint density at radius 1 is 1.10 bits per heavy atom. The van der Waals surface area contributed by atoms with Gasteiger partial charge in [-0.2, -0.15) is 0 Å². The summed E-state index contributed by atoms with van der Waals surface area (Å²) in [7, 11) is 3.23. The molecule has 1 aliphatic heterocycles. The lowest BCUT2D eigenvalue weighted by molar-refractivity contribution is -0.384. The standard InChI is InChI=1S/C22H24N2O7/c1-29-11-9-23(10-12-30-2)14-18-19(25)8-7-17-21(26)20(31-22(17)18)13-15-3-5-16(6-4-15)24(27)28/h3-8,13,25H,9-12,14H2,1-2H3. The minimum absolute atomic E-state index is 0.0305. The number of phenols is 1. The number of carbonyl (C=O) groups excluding carboxylic acids is 1. The van der Waals surface area contributed by atoms with Crippen LogP contribution < -0.4 is 4.74 Å². The molecule has 0 saturated heterocycles. The van der Waals surface area contributed by atoms with E-state index in [4.69, 9.17) is 14.2 Å². The van der Waals surface area contributed by atoms with Gasteiger partial charge in [0.05, 0.1) is 29.3 Å². The average molecular weight is 428 g/mol. The minimum Gasteiger partial charge on any atom is -0.507 e. The van der Waals surface area contributed by atoms with Crippen molar-refractivity contribution in [2.75, 3.05) is 40.5 Å². The van der Waals surface area contributed by atoms with Crippen LogP contribution in [0.4, 0.5) is 5.69 Å². The Kier molecular flexibility index (Phi) is 7.35. The minimum atomic E-state index is -0.488. The molecule has 0 amide bonds. The largest absolute Gasteiger partial charge is 0.507 e. The fourth-order valence-electron chi connectivity index (χ4n) is 3.23. The molecule has 0 radical (unpaired) electrons. The maximum atomic E-state index is 12.8. The number of Topliss-reactive ketones (excluding diaryl/α,β-unsaturated/α-hetero) is 1. The van der Waals surface area contributed by atoms with E-state index in [-0.39, 0.29) is 23.0 Å². The van der Waals surface area contributed by atoms with E-state index in [9.17, 15) is 20.0 Å². The van der Waals surface area contributed by atoms with E-state index < -0.39 is 4.92 Å².